The topological polar surface area (TPSA) is 32.7 Å². The van der Waals surface area contributed by atoms with Gasteiger partial charge in [0.1, 0.15) is 0 Å². The normalized spacial score (nSPS) is 16.4. The summed E-state index contributed by atoms with van der Waals surface area (Å²) in [4.78, 5) is 1.91. The van der Waals surface area contributed by atoms with Gasteiger partial charge in [0, 0.05) is 11.1 Å². The monoisotopic (exact) mass is 255 g/mol. The van der Waals surface area contributed by atoms with E-state index in [9.17, 15) is 9.50 Å². The zero-order valence-corrected chi connectivity index (χ0v) is 11.7. The zero-order valence-electron chi connectivity index (χ0n) is 11.7. The first-order valence-corrected chi connectivity index (χ1v) is 6.06. The van der Waals surface area contributed by atoms with Gasteiger partial charge in [-0.3, -0.25) is 0 Å². The highest BCUT2D eigenvalue weighted by atomic mass is 19.1. The summed E-state index contributed by atoms with van der Waals surface area (Å²) in [5.41, 5.74) is -0.250. The molecule has 3 nitrogen and oxygen atoms in total. The number of benzene rings is 1. The zero-order chi connectivity index (χ0) is 13.9. The highest BCUT2D eigenvalue weighted by Gasteiger charge is 2.36. The van der Waals surface area contributed by atoms with Gasteiger partial charge >= 0.3 is 0 Å². The Kier molecular flexibility index (Phi) is 4.71. The number of aliphatic hydroxyl groups is 1. The maximum atomic E-state index is 14.1. The molecule has 0 radical (unpaired) electrons. The van der Waals surface area contributed by atoms with Crippen LogP contribution in [0.1, 0.15) is 31.9 Å². The fourth-order valence-corrected chi connectivity index (χ4v) is 1.99. The van der Waals surface area contributed by atoms with E-state index in [-0.39, 0.29) is 11.3 Å². The predicted octanol–water partition coefficient (Wildman–Crippen LogP) is 2.60. The third-order valence-corrected chi connectivity index (χ3v) is 3.83. The molecule has 18 heavy (non-hydrogen) atoms. The van der Waals surface area contributed by atoms with E-state index in [4.69, 9.17) is 4.74 Å². The molecule has 1 aromatic carbocycles. The second kappa shape index (κ2) is 5.67. The van der Waals surface area contributed by atoms with E-state index in [2.05, 4.69) is 0 Å². The number of hydrogen-bond donors (Lipinski definition) is 1. The highest BCUT2D eigenvalue weighted by molar-refractivity contribution is 5.33. The van der Waals surface area contributed by atoms with Gasteiger partial charge in [-0.15, -0.1) is 0 Å². The van der Waals surface area contributed by atoms with Crippen molar-refractivity contribution in [1.82, 2.24) is 4.90 Å². The van der Waals surface area contributed by atoms with Gasteiger partial charge in [-0.2, -0.15) is 0 Å². The van der Waals surface area contributed by atoms with E-state index in [0.29, 0.717) is 6.42 Å². The third kappa shape index (κ3) is 2.49. The number of aliphatic hydroxyl groups excluding tert-OH is 1. The summed E-state index contributed by atoms with van der Waals surface area (Å²) in [6.45, 7) is 3.89. The Morgan fingerprint density at radius 3 is 2.50 bits per heavy atom. The van der Waals surface area contributed by atoms with E-state index >= 15 is 0 Å². The molecule has 0 fully saturated rings. The van der Waals surface area contributed by atoms with Crippen LogP contribution in [0.3, 0.4) is 0 Å². The molecule has 1 N–H and O–H groups in total. The van der Waals surface area contributed by atoms with Crippen LogP contribution in [0.2, 0.25) is 0 Å². The van der Waals surface area contributed by atoms with Gasteiger partial charge in [0.15, 0.2) is 11.6 Å². The van der Waals surface area contributed by atoms with Crippen molar-refractivity contribution in [3.8, 4) is 5.75 Å². The van der Waals surface area contributed by atoms with Crippen LogP contribution in [0, 0.1) is 5.82 Å². The second-order valence-electron chi connectivity index (χ2n) is 4.87. The Balaban J connectivity index is 3.21. The van der Waals surface area contributed by atoms with Crippen molar-refractivity contribution in [2.45, 2.75) is 31.9 Å². The van der Waals surface area contributed by atoms with Crippen molar-refractivity contribution < 1.29 is 14.2 Å². The van der Waals surface area contributed by atoms with E-state index in [1.807, 2.05) is 32.8 Å². The lowest BCUT2D eigenvalue weighted by Gasteiger charge is -2.40. The highest BCUT2D eigenvalue weighted by Crippen LogP contribution is 2.35. The first kappa shape index (κ1) is 14.9. The fourth-order valence-electron chi connectivity index (χ4n) is 1.99. The van der Waals surface area contributed by atoms with Crippen molar-refractivity contribution in [3.05, 3.63) is 29.6 Å². The van der Waals surface area contributed by atoms with Crippen LogP contribution in [0.25, 0.3) is 0 Å². The van der Waals surface area contributed by atoms with Gasteiger partial charge in [0.25, 0.3) is 0 Å². The molecule has 102 valence electrons. The van der Waals surface area contributed by atoms with Crippen LogP contribution in [0.15, 0.2) is 18.2 Å². The fraction of sp³-hybridized carbons (Fsp3) is 0.571. The number of rotatable bonds is 5. The average Bonchev–Trinajstić information content (AvgIpc) is 2.37. The van der Waals surface area contributed by atoms with E-state index in [0.717, 1.165) is 0 Å². The Morgan fingerprint density at radius 2 is 2.06 bits per heavy atom. The van der Waals surface area contributed by atoms with Crippen LogP contribution in [0.4, 0.5) is 4.39 Å². The van der Waals surface area contributed by atoms with Crippen LogP contribution >= 0.6 is 0 Å². The largest absolute Gasteiger partial charge is 0.494 e. The number of likely N-dealkylation sites (N-methyl/N-ethyl adjacent to an activating group) is 1. The molecule has 2 unspecified atom stereocenters. The molecule has 0 aliphatic heterocycles. The molecule has 0 aliphatic carbocycles. The summed E-state index contributed by atoms with van der Waals surface area (Å²) in [6, 6.07) is 4.83. The summed E-state index contributed by atoms with van der Waals surface area (Å²) in [6.07, 6.45) is -0.203. The van der Waals surface area contributed by atoms with Gasteiger partial charge < -0.3 is 14.7 Å². The molecule has 0 saturated heterocycles. The lowest BCUT2D eigenvalue weighted by atomic mass is 9.85. The van der Waals surface area contributed by atoms with Crippen molar-refractivity contribution in [3.63, 3.8) is 0 Å². The number of methoxy groups -OCH3 is 1. The Bertz CT molecular complexity index is 409. The minimum Gasteiger partial charge on any atom is -0.494 e. The molecular weight excluding hydrogens is 233 g/mol. The number of ether oxygens (including phenoxy) is 1. The maximum absolute atomic E-state index is 14.1. The summed E-state index contributed by atoms with van der Waals surface area (Å²) in [5.74, 6) is -0.335. The molecule has 0 aromatic heterocycles. The first-order chi connectivity index (χ1) is 8.38. The molecule has 0 aliphatic rings. The van der Waals surface area contributed by atoms with Crippen molar-refractivity contribution in [1.29, 1.82) is 0 Å². The van der Waals surface area contributed by atoms with E-state index in [1.54, 1.807) is 18.2 Å². The van der Waals surface area contributed by atoms with Crippen molar-refractivity contribution >= 4 is 0 Å². The first-order valence-electron chi connectivity index (χ1n) is 6.06. The molecule has 1 aromatic rings. The molecule has 0 bridgehead atoms. The van der Waals surface area contributed by atoms with E-state index < -0.39 is 17.5 Å². The molecule has 2 atom stereocenters. The molecule has 4 heteroatoms. The summed E-state index contributed by atoms with van der Waals surface area (Å²) < 4.78 is 19.1. The third-order valence-electron chi connectivity index (χ3n) is 3.83. The summed E-state index contributed by atoms with van der Waals surface area (Å²) >= 11 is 0. The number of nitrogens with zero attached hydrogens (tertiary/aromatic N) is 1. The smallest absolute Gasteiger partial charge is 0.170 e. The standard InChI is InChI=1S/C14H22FNO2/c1-6-14(2,16(3)4)13(17)10-8-7-9-11(18-5)12(10)15/h7-9,13,17H,6H2,1-5H3. The lowest BCUT2D eigenvalue weighted by Crippen LogP contribution is -2.46. The molecular formula is C14H22FNO2. The van der Waals surface area contributed by atoms with Gasteiger partial charge in [-0.1, -0.05) is 19.1 Å². The van der Waals surface area contributed by atoms with E-state index in [1.165, 1.54) is 7.11 Å². The SMILES string of the molecule is CCC(C)(C(O)c1cccc(OC)c1F)N(C)C. The molecule has 0 heterocycles. The van der Waals surface area contributed by atoms with Crippen LogP contribution < -0.4 is 4.74 Å². The molecule has 0 spiro atoms. The van der Waals surface area contributed by atoms with Gasteiger partial charge in [0.05, 0.1) is 13.2 Å². The van der Waals surface area contributed by atoms with Crippen LogP contribution in [-0.2, 0) is 0 Å². The van der Waals surface area contributed by atoms with Gasteiger partial charge in [-0.05, 0) is 33.5 Å². The van der Waals surface area contributed by atoms with Crippen molar-refractivity contribution in [2.75, 3.05) is 21.2 Å². The Hall–Kier alpha value is -1.13. The Labute approximate surface area is 108 Å². The quantitative estimate of drug-likeness (QED) is 0.878. The molecule has 1 rings (SSSR count). The number of hydrogen-bond acceptors (Lipinski definition) is 3. The summed E-state index contributed by atoms with van der Waals surface area (Å²) in [5, 5.41) is 10.5. The van der Waals surface area contributed by atoms with Crippen molar-refractivity contribution in [2.24, 2.45) is 0 Å². The lowest BCUT2D eigenvalue weighted by molar-refractivity contribution is -0.00139. The summed E-state index contributed by atoms with van der Waals surface area (Å²) in [7, 11) is 5.18. The van der Waals surface area contributed by atoms with Gasteiger partial charge in [-0.25, -0.2) is 4.39 Å². The van der Waals surface area contributed by atoms with Crippen LogP contribution in [-0.4, -0.2) is 36.8 Å². The Morgan fingerprint density at radius 1 is 1.44 bits per heavy atom. The van der Waals surface area contributed by atoms with Gasteiger partial charge in [0.2, 0.25) is 0 Å². The predicted molar refractivity (Wildman–Crippen MR) is 70.3 cm³/mol. The maximum Gasteiger partial charge on any atom is 0.170 e. The minimum absolute atomic E-state index is 0.156. The molecule has 0 amide bonds. The van der Waals surface area contributed by atoms with Crippen LogP contribution in [0.5, 0.6) is 5.75 Å². The minimum atomic E-state index is -0.910. The molecule has 0 saturated carbocycles. The number of halogens is 1. The average molecular weight is 255 g/mol. The second-order valence-corrected chi connectivity index (χ2v) is 4.87.